The monoisotopic (exact) mass is 302 g/mol. The zero-order valence-electron chi connectivity index (χ0n) is 12.7. The Bertz CT molecular complexity index is 661. The minimum Gasteiger partial charge on any atom is -0.493 e. The first kappa shape index (κ1) is 15.5. The molecule has 0 fully saturated rings. The summed E-state index contributed by atoms with van der Waals surface area (Å²) in [6.45, 7) is 0. The molecule has 22 heavy (non-hydrogen) atoms. The number of ether oxygens (including phenoxy) is 3. The van der Waals surface area contributed by atoms with E-state index in [4.69, 9.17) is 19.9 Å². The Morgan fingerprint density at radius 1 is 1.00 bits per heavy atom. The van der Waals surface area contributed by atoms with E-state index in [1.807, 2.05) is 0 Å². The SMILES string of the molecule is COc1cc(C(=O)Nc2cccc(N)c2)cc(OC)c1OC. The fraction of sp³-hybridized carbons (Fsp3) is 0.188. The van der Waals surface area contributed by atoms with E-state index in [0.717, 1.165) is 0 Å². The minimum absolute atomic E-state index is 0.301. The number of nitrogens with two attached hydrogens (primary N) is 1. The van der Waals surface area contributed by atoms with E-state index in [9.17, 15) is 4.79 Å². The van der Waals surface area contributed by atoms with Gasteiger partial charge in [0.15, 0.2) is 11.5 Å². The van der Waals surface area contributed by atoms with E-state index in [0.29, 0.717) is 34.2 Å². The van der Waals surface area contributed by atoms with Gasteiger partial charge in [-0.25, -0.2) is 0 Å². The smallest absolute Gasteiger partial charge is 0.255 e. The number of methoxy groups -OCH3 is 3. The first-order valence-corrected chi connectivity index (χ1v) is 6.56. The molecule has 0 spiro atoms. The molecule has 0 unspecified atom stereocenters. The Hall–Kier alpha value is -2.89. The zero-order chi connectivity index (χ0) is 16.1. The summed E-state index contributed by atoms with van der Waals surface area (Å²) in [5, 5.41) is 2.77. The van der Waals surface area contributed by atoms with Gasteiger partial charge in [-0.1, -0.05) is 6.07 Å². The predicted molar refractivity (Wildman–Crippen MR) is 84.9 cm³/mol. The van der Waals surface area contributed by atoms with Gasteiger partial charge in [-0.2, -0.15) is 0 Å². The number of benzene rings is 2. The van der Waals surface area contributed by atoms with Crippen LogP contribution in [0.15, 0.2) is 36.4 Å². The molecule has 0 bridgehead atoms. The standard InChI is InChI=1S/C16H18N2O4/c1-20-13-7-10(8-14(21-2)15(13)22-3)16(19)18-12-6-4-5-11(17)9-12/h4-9H,17H2,1-3H3,(H,18,19). The summed E-state index contributed by atoms with van der Waals surface area (Å²) in [4.78, 5) is 12.4. The van der Waals surface area contributed by atoms with Crippen LogP contribution >= 0.6 is 0 Å². The van der Waals surface area contributed by atoms with Gasteiger partial charge in [-0.3, -0.25) is 4.79 Å². The Morgan fingerprint density at radius 2 is 1.64 bits per heavy atom. The first-order chi connectivity index (χ1) is 10.6. The van der Waals surface area contributed by atoms with Gasteiger partial charge in [0.05, 0.1) is 21.3 Å². The lowest BCUT2D eigenvalue weighted by Crippen LogP contribution is -2.12. The van der Waals surface area contributed by atoms with Crippen LogP contribution in [-0.2, 0) is 0 Å². The van der Waals surface area contributed by atoms with E-state index in [1.54, 1.807) is 36.4 Å². The summed E-state index contributed by atoms with van der Waals surface area (Å²) in [6.07, 6.45) is 0. The number of nitrogen functional groups attached to an aromatic ring is 1. The molecule has 1 amide bonds. The average molecular weight is 302 g/mol. The van der Waals surface area contributed by atoms with Gasteiger partial charge in [0.25, 0.3) is 5.91 Å². The highest BCUT2D eigenvalue weighted by atomic mass is 16.5. The molecule has 0 atom stereocenters. The molecule has 2 aromatic rings. The predicted octanol–water partition coefficient (Wildman–Crippen LogP) is 2.55. The number of carbonyl (C=O) groups excluding carboxylic acids is 1. The maximum Gasteiger partial charge on any atom is 0.255 e. The molecule has 0 heterocycles. The summed E-state index contributed by atoms with van der Waals surface area (Å²) in [6, 6.07) is 10.1. The quantitative estimate of drug-likeness (QED) is 0.829. The van der Waals surface area contributed by atoms with Gasteiger partial charge in [0.2, 0.25) is 5.75 Å². The summed E-state index contributed by atoms with van der Waals surface area (Å²) in [5.74, 6) is 0.967. The van der Waals surface area contributed by atoms with Gasteiger partial charge < -0.3 is 25.3 Å². The fourth-order valence-corrected chi connectivity index (χ4v) is 2.03. The van der Waals surface area contributed by atoms with Gasteiger partial charge in [0.1, 0.15) is 0 Å². The number of anilines is 2. The first-order valence-electron chi connectivity index (χ1n) is 6.56. The van der Waals surface area contributed by atoms with Crippen LogP contribution < -0.4 is 25.3 Å². The third-order valence-electron chi connectivity index (χ3n) is 3.07. The number of amides is 1. The van der Waals surface area contributed by atoms with E-state index < -0.39 is 0 Å². The lowest BCUT2D eigenvalue weighted by molar-refractivity contribution is 0.102. The van der Waals surface area contributed by atoms with Crippen molar-refractivity contribution in [2.24, 2.45) is 0 Å². The summed E-state index contributed by atoms with van der Waals surface area (Å²) in [5.41, 5.74) is 7.26. The zero-order valence-corrected chi connectivity index (χ0v) is 12.7. The van der Waals surface area contributed by atoms with Gasteiger partial charge >= 0.3 is 0 Å². The molecule has 2 rings (SSSR count). The van der Waals surface area contributed by atoms with Crippen molar-refractivity contribution in [3.63, 3.8) is 0 Å². The van der Waals surface area contributed by atoms with Crippen molar-refractivity contribution in [3.8, 4) is 17.2 Å². The lowest BCUT2D eigenvalue weighted by Gasteiger charge is -2.14. The highest BCUT2D eigenvalue weighted by Crippen LogP contribution is 2.38. The minimum atomic E-state index is -0.301. The van der Waals surface area contributed by atoms with E-state index >= 15 is 0 Å². The molecule has 0 aromatic heterocycles. The van der Waals surface area contributed by atoms with Crippen LogP contribution in [0.2, 0.25) is 0 Å². The third-order valence-corrected chi connectivity index (χ3v) is 3.07. The number of hydrogen-bond acceptors (Lipinski definition) is 5. The largest absolute Gasteiger partial charge is 0.493 e. The Balaban J connectivity index is 2.33. The van der Waals surface area contributed by atoms with Crippen LogP contribution in [0.25, 0.3) is 0 Å². The number of hydrogen-bond donors (Lipinski definition) is 2. The second-order valence-corrected chi connectivity index (χ2v) is 4.49. The summed E-state index contributed by atoms with van der Waals surface area (Å²) in [7, 11) is 4.50. The van der Waals surface area contributed by atoms with E-state index in [-0.39, 0.29) is 5.91 Å². The summed E-state index contributed by atoms with van der Waals surface area (Å²) < 4.78 is 15.7. The molecule has 0 aliphatic carbocycles. The maximum absolute atomic E-state index is 12.4. The van der Waals surface area contributed by atoms with Crippen LogP contribution in [-0.4, -0.2) is 27.2 Å². The molecule has 116 valence electrons. The van der Waals surface area contributed by atoms with Gasteiger partial charge in [-0.15, -0.1) is 0 Å². The van der Waals surface area contributed by atoms with Crippen molar-refractivity contribution in [1.82, 2.24) is 0 Å². The van der Waals surface area contributed by atoms with Crippen LogP contribution in [0, 0.1) is 0 Å². The maximum atomic E-state index is 12.4. The van der Waals surface area contributed by atoms with E-state index in [1.165, 1.54) is 21.3 Å². The number of rotatable bonds is 5. The van der Waals surface area contributed by atoms with E-state index in [2.05, 4.69) is 5.32 Å². The van der Waals surface area contributed by atoms with Crippen LogP contribution in [0.4, 0.5) is 11.4 Å². The molecule has 0 saturated heterocycles. The molecular formula is C16H18N2O4. The van der Waals surface area contributed by atoms with Gasteiger partial charge in [0, 0.05) is 16.9 Å². The van der Waals surface area contributed by atoms with Crippen molar-refractivity contribution in [2.75, 3.05) is 32.4 Å². The third kappa shape index (κ3) is 3.22. The lowest BCUT2D eigenvalue weighted by atomic mass is 10.1. The van der Waals surface area contributed by atoms with Crippen molar-refractivity contribution >= 4 is 17.3 Å². The highest BCUT2D eigenvalue weighted by molar-refractivity contribution is 6.05. The molecular weight excluding hydrogens is 284 g/mol. The van der Waals surface area contributed by atoms with Crippen molar-refractivity contribution < 1.29 is 19.0 Å². The summed E-state index contributed by atoms with van der Waals surface area (Å²) >= 11 is 0. The number of carbonyl (C=O) groups is 1. The second kappa shape index (κ2) is 6.71. The van der Waals surface area contributed by atoms with Crippen molar-refractivity contribution in [1.29, 1.82) is 0 Å². The Kier molecular flexibility index (Phi) is 4.73. The Morgan fingerprint density at radius 3 is 2.14 bits per heavy atom. The molecule has 0 aliphatic heterocycles. The topological polar surface area (TPSA) is 82.8 Å². The molecule has 6 nitrogen and oxygen atoms in total. The molecule has 2 aromatic carbocycles. The Labute approximate surface area is 128 Å². The second-order valence-electron chi connectivity index (χ2n) is 4.49. The van der Waals surface area contributed by atoms with Crippen LogP contribution in [0.3, 0.4) is 0 Å². The molecule has 0 saturated carbocycles. The van der Waals surface area contributed by atoms with Gasteiger partial charge in [-0.05, 0) is 30.3 Å². The van der Waals surface area contributed by atoms with Crippen LogP contribution in [0.5, 0.6) is 17.2 Å². The number of nitrogens with one attached hydrogen (secondary N) is 1. The van der Waals surface area contributed by atoms with Crippen molar-refractivity contribution in [2.45, 2.75) is 0 Å². The molecule has 0 aliphatic rings. The molecule has 3 N–H and O–H groups in total. The van der Waals surface area contributed by atoms with Crippen LogP contribution in [0.1, 0.15) is 10.4 Å². The average Bonchev–Trinajstić information content (AvgIpc) is 2.53. The molecule has 6 heteroatoms. The fourth-order valence-electron chi connectivity index (χ4n) is 2.03. The molecule has 0 radical (unpaired) electrons. The normalized spacial score (nSPS) is 9.95. The van der Waals surface area contributed by atoms with Crippen molar-refractivity contribution in [3.05, 3.63) is 42.0 Å². The highest BCUT2D eigenvalue weighted by Gasteiger charge is 2.17.